The number of benzene rings is 2. The van der Waals surface area contributed by atoms with Gasteiger partial charge in [-0.05, 0) is 25.3 Å². The van der Waals surface area contributed by atoms with Crippen molar-refractivity contribution >= 4 is 17.6 Å². The Labute approximate surface area is 165 Å². The molecule has 1 atom stereocenters. The molecule has 1 N–H and O–H groups in total. The zero-order chi connectivity index (χ0) is 19.9. The van der Waals surface area contributed by atoms with Gasteiger partial charge in [0.05, 0.1) is 0 Å². The van der Waals surface area contributed by atoms with Gasteiger partial charge in [-0.25, -0.2) is 0 Å². The minimum absolute atomic E-state index is 0.0439. The fourth-order valence-corrected chi connectivity index (χ4v) is 3.49. The van der Waals surface area contributed by atoms with Crippen LogP contribution in [0.25, 0.3) is 0 Å². The van der Waals surface area contributed by atoms with E-state index in [0.29, 0.717) is 25.1 Å². The topological polar surface area (TPSA) is 66.5 Å². The molecule has 1 heterocycles. The largest absolute Gasteiger partial charge is 0.350 e. The summed E-state index contributed by atoms with van der Waals surface area (Å²) in [6, 6.07) is 16.6. The third-order valence-corrected chi connectivity index (χ3v) is 5.12. The lowest BCUT2D eigenvalue weighted by Gasteiger charge is -2.24. The number of rotatable bonds is 7. The van der Waals surface area contributed by atoms with E-state index in [0.717, 1.165) is 17.5 Å². The Kier molecular flexibility index (Phi) is 6.58. The Balaban J connectivity index is 1.51. The van der Waals surface area contributed by atoms with Crippen LogP contribution in [0.5, 0.6) is 0 Å². The Morgan fingerprint density at radius 1 is 1.00 bits per heavy atom. The fraction of sp³-hybridized carbons (Fsp3) is 0.348. The average molecular weight is 378 g/mol. The molecule has 1 saturated heterocycles. The fourth-order valence-electron chi connectivity index (χ4n) is 3.49. The van der Waals surface area contributed by atoms with E-state index in [4.69, 9.17) is 0 Å². The monoisotopic (exact) mass is 378 g/mol. The number of carbonyl (C=O) groups excluding carboxylic acids is 3. The molecule has 3 rings (SSSR count). The highest BCUT2D eigenvalue weighted by Crippen LogP contribution is 2.20. The maximum atomic E-state index is 12.6. The van der Waals surface area contributed by atoms with E-state index >= 15 is 0 Å². The van der Waals surface area contributed by atoms with Gasteiger partial charge in [-0.3, -0.25) is 14.4 Å². The number of Topliss-reactive ketones (excluding diaryl/α,β-unsaturated/α-hetero) is 1. The second-order valence-electron chi connectivity index (χ2n) is 7.24. The van der Waals surface area contributed by atoms with Crippen LogP contribution in [0.4, 0.5) is 0 Å². The molecule has 0 aromatic heterocycles. The molecule has 0 spiro atoms. The van der Waals surface area contributed by atoms with Crippen molar-refractivity contribution in [1.82, 2.24) is 10.2 Å². The maximum absolute atomic E-state index is 12.6. The molecule has 146 valence electrons. The van der Waals surface area contributed by atoms with Crippen LogP contribution in [0, 0.1) is 6.92 Å². The summed E-state index contributed by atoms with van der Waals surface area (Å²) in [4.78, 5) is 39.1. The highest BCUT2D eigenvalue weighted by Gasteiger charge is 2.33. The molecule has 0 saturated carbocycles. The first kappa shape index (κ1) is 19.8. The van der Waals surface area contributed by atoms with Crippen LogP contribution < -0.4 is 5.32 Å². The van der Waals surface area contributed by atoms with Crippen LogP contribution in [0.2, 0.25) is 0 Å². The molecule has 5 nitrogen and oxygen atoms in total. The number of hydrogen-bond acceptors (Lipinski definition) is 3. The van der Waals surface area contributed by atoms with Gasteiger partial charge in [0.1, 0.15) is 6.04 Å². The first-order valence-electron chi connectivity index (χ1n) is 9.75. The second kappa shape index (κ2) is 9.31. The predicted molar refractivity (Wildman–Crippen MR) is 108 cm³/mol. The van der Waals surface area contributed by atoms with Gasteiger partial charge in [-0.15, -0.1) is 0 Å². The smallest absolute Gasteiger partial charge is 0.243 e. The molecular formula is C23H26N2O3. The Bertz CT molecular complexity index is 831. The van der Waals surface area contributed by atoms with Gasteiger partial charge in [-0.2, -0.15) is 0 Å². The first-order chi connectivity index (χ1) is 13.5. The van der Waals surface area contributed by atoms with Crippen LogP contribution in [0.1, 0.15) is 47.2 Å². The van der Waals surface area contributed by atoms with Crippen molar-refractivity contribution in [1.29, 1.82) is 0 Å². The summed E-state index contributed by atoms with van der Waals surface area (Å²) >= 11 is 0. The van der Waals surface area contributed by atoms with E-state index in [-0.39, 0.29) is 30.4 Å². The molecule has 28 heavy (non-hydrogen) atoms. The summed E-state index contributed by atoms with van der Waals surface area (Å²) in [7, 11) is 0. The maximum Gasteiger partial charge on any atom is 0.243 e. The Hall–Kier alpha value is -2.95. The van der Waals surface area contributed by atoms with Crippen LogP contribution in [-0.4, -0.2) is 35.1 Å². The second-order valence-corrected chi connectivity index (χ2v) is 7.24. The van der Waals surface area contributed by atoms with Crippen molar-refractivity contribution in [2.45, 2.75) is 45.2 Å². The van der Waals surface area contributed by atoms with E-state index in [1.54, 1.807) is 17.0 Å². The van der Waals surface area contributed by atoms with E-state index in [2.05, 4.69) is 5.32 Å². The molecule has 0 aliphatic carbocycles. The lowest BCUT2D eigenvalue weighted by atomic mass is 10.0. The normalized spacial score (nSPS) is 16.0. The third-order valence-electron chi connectivity index (χ3n) is 5.12. The summed E-state index contributed by atoms with van der Waals surface area (Å²) in [5.74, 6) is -0.296. The van der Waals surface area contributed by atoms with E-state index < -0.39 is 6.04 Å². The number of likely N-dealkylation sites (tertiary alicyclic amines) is 1. The number of aryl methyl sites for hydroxylation is 1. The number of ketones is 1. The van der Waals surface area contributed by atoms with Crippen molar-refractivity contribution in [2.24, 2.45) is 0 Å². The standard InChI is InChI=1S/C23H26N2O3/c1-17-9-11-19(12-10-17)21(26)13-14-22(27)25-15-5-8-20(25)23(28)24-16-18-6-3-2-4-7-18/h2-4,6-7,9-12,20H,5,8,13-16H2,1H3,(H,24,28)/t20-/m0/s1. The Morgan fingerprint density at radius 2 is 1.71 bits per heavy atom. The van der Waals surface area contributed by atoms with Crippen molar-refractivity contribution in [3.8, 4) is 0 Å². The van der Waals surface area contributed by atoms with Crippen molar-refractivity contribution in [3.05, 3.63) is 71.3 Å². The van der Waals surface area contributed by atoms with Gasteiger partial charge in [-0.1, -0.05) is 60.2 Å². The SMILES string of the molecule is Cc1ccc(C(=O)CCC(=O)N2CCC[C@H]2C(=O)NCc2ccccc2)cc1. The van der Waals surface area contributed by atoms with Crippen LogP contribution in [0.15, 0.2) is 54.6 Å². The average Bonchev–Trinajstić information content (AvgIpc) is 3.21. The van der Waals surface area contributed by atoms with Crippen LogP contribution in [0.3, 0.4) is 0 Å². The molecule has 0 unspecified atom stereocenters. The van der Waals surface area contributed by atoms with Gasteiger partial charge >= 0.3 is 0 Å². The van der Waals surface area contributed by atoms with Crippen molar-refractivity contribution < 1.29 is 14.4 Å². The molecule has 1 aliphatic rings. The lowest BCUT2D eigenvalue weighted by molar-refractivity contribution is -0.138. The minimum atomic E-state index is -0.439. The van der Waals surface area contributed by atoms with Gasteiger partial charge < -0.3 is 10.2 Å². The highest BCUT2D eigenvalue weighted by atomic mass is 16.2. The zero-order valence-electron chi connectivity index (χ0n) is 16.2. The quantitative estimate of drug-likeness (QED) is 0.752. The molecule has 5 heteroatoms. The summed E-state index contributed by atoms with van der Waals surface area (Å²) in [5.41, 5.74) is 2.74. The number of hydrogen-bond donors (Lipinski definition) is 1. The molecule has 0 bridgehead atoms. The van der Waals surface area contributed by atoms with Crippen molar-refractivity contribution in [2.75, 3.05) is 6.54 Å². The molecular weight excluding hydrogens is 352 g/mol. The van der Waals surface area contributed by atoms with Gasteiger partial charge in [0, 0.05) is 31.5 Å². The lowest BCUT2D eigenvalue weighted by Crippen LogP contribution is -2.45. The molecule has 1 aliphatic heterocycles. The third kappa shape index (κ3) is 5.06. The summed E-state index contributed by atoms with van der Waals surface area (Å²) in [6.45, 7) is 2.99. The number of carbonyl (C=O) groups is 3. The Morgan fingerprint density at radius 3 is 2.43 bits per heavy atom. The zero-order valence-corrected chi connectivity index (χ0v) is 16.2. The molecule has 2 amide bonds. The van der Waals surface area contributed by atoms with Crippen LogP contribution >= 0.6 is 0 Å². The number of amides is 2. The summed E-state index contributed by atoms with van der Waals surface area (Å²) in [6.07, 6.45) is 1.77. The summed E-state index contributed by atoms with van der Waals surface area (Å²) in [5, 5.41) is 2.92. The van der Waals surface area contributed by atoms with Crippen LogP contribution in [-0.2, 0) is 16.1 Å². The number of nitrogens with one attached hydrogen (secondary N) is 1. The van der Waals surface area contributed by atoms with E-state index in [1.807, 2.05) is 49.4 Å². The predicted octanol–water partition coefficient (Wildman–Crippen LogP) is 3.27. The number of nitrogens with zero attached hydrogens (tertiary/aromatic N) is 1. The highest BCUT2D eigenvalue weighted by molar-refractivity contribution is 5.98. The molecule has 0 radical (unpaired) electrons. The van der Waals surface area contributed by atoms with E-state index in [1.165, 1.54) is 0 Å². The minimum Gasteiger partial charge on any atom is -0.350 e. The van der Waals surface area contributed by atoms with E-state index in [9.17, 15) is 14.4 Å². The first-order valence-corrected chi connectivity index (χ1v) is 9.75. The van der Waals surface area contributed by atoms with Crippen molar-refractivity contribution in [3.63, 3.8) is 0 Å². The molecule has 2 aromatic carbocycles. The molecule has 2 aromatic rings. The van der Waals surface area contributed by atoms with Gasteiger partial charge in [0.15, 0.2) is 5.78 Å². The summed E-state index contributed by atoms with van der Waals surface area (Å²) < 4.78 is 0. The van der Waals surface area contributed by atoms with Gasteiger partial charge in [0.25, 0.3) is 0 Å². The molecule has 1 fully saturated rings. The van der Waals surface area contributed by atoms with Gasteiger partial charge in [0.2, 0.25) is 11.8 Å².